The molecule has 1 heterocycles. The fourth-order valence-corrected chi connectivity index (χ4v) is 0.707. The van der Waals surface area contributed by atoms with Crippen molar-refractivity contribution in [2.24, 2.45) is 7.05 Å². The Labute approximate surface area is 62.1 Å². The minimum atomic E-state index is -1.32. The van der Waals surface area contributed by atoms with Gasteiger partial charge in [-0.3, -0.25) is 0 Å². The second kappa shape index (κ2) is 2.30. The molecule has 0 fully saturated rings. The Hall–Kier alpha value is -1.03. The quantitative estimate of drug-likeness (QED) is 0.552. The van der Waals surface area contributed by atoms with Crippen molar-refractivity contribution in [3.8, 4) is 0 Å². The summed E-state index contributed by atoms with van der Waals surface area (Å²) in [5, 5.41) is 10.5. The van der Waals surface area contributed by atoms with Crippen LogP contribution in [0.5, 0.6) is 0 Å². The van der Waals surface area contributed by atoms with Crippen molar-refractivity contribution in [3.05, 3.63) is 17.2 Å². The maximum absolute atomic E-state index is 10.2. The van der Waals surface area contributed by atoms with Gasteiger partial charge in [0.15, 0.2) is 5.82 Å². The summed E-state index contributed by atoms with van der Waals surface area (Å²) in [6.07, 6.45) is 1.26. The number of hydrogen-bond donors (Lipinski definition) is 0. The minimum absolute atomic E-state index is 0.162. The van der Waals surface area contributed by atoms with E-state index in [9.17, 15) is 9.90 Å². The van der Waals surface area contributed by atoms with Gasteiger partial charge in [0.05, 0.1) is 6.20 Å². The molecule has 1 aromatic rings. The zero-order valence-electron chi connectivity index (χ0n) is 5.17. The normalized spacial score (nSPS) is 9.80. The van der Waals surface area contributed by atoms with E-state index in [0.717, 1.165) is 0 Å². The number of carbonyl (C=O) groups is 1. The number of imidazole rings is 1. The molecule has 0 atom stereocenters. The fourth-order valence-electron chi connectivity index (χ4n) is 0.578. The second-order valence-electron chi connectivity index (χ2n) is 1.75. The van der Waals surface area contributed by atoms with Crippen LogP contribution in [-0.4, -0.2) is 15.5 Å². The van der Waals surface area contributed by atoms with Crippen molar-refractivity contribution in [2.45, 2.75) is 0 Å². The number of halogens is 1. The number of carboxylic acids is 1. The predicted octanol–water partition coefficient (Wildman–Crippen LogP) is -0.563. The van der Waals surface area contributed by atoms with E-state index >= 15 is 0 Å². The fraction of sp³-hybridized carbons (Fsp3) is 0.200. The van der Waals surface area contributed by atoms with Gasteiger partial charge >= 0.3 is 0 Å². The minimum Gasteiger partial charge on any atom is -0.542 e. The summed E-state index contributed by atoms with van der Waals surface area (Å²) < 4.78 is 1.23. The number of carbonyl (C=O) groups excluding carboxylic acids is 1. The highest BCUT2D eigenvalue weighted by Gasteiger charge is 2.03. The van der Waals surface area contributed by atoms with Gasteiger partial charge < -0.3 is 14.5 Å². The molecule has 0 saturated carbocycles. The monoisotopic (exact) mass is 159 g/mol. The topological polar surface area (TPSA) is 58.0 Å². The van der Waals surface area contributed by atoms with Crippen LogP contribution in [-0.2, 0) is 7.05 Å². The van der Waals surface area contributed by atoms with E-state index < -0.39 is 5.97 Å². The van der Waals surface area contributed by atoms with Crippen LogP contribution in [0.2, 0.25) is 5.15 Å². The molecule has 0 radical (unpaired) electrons. The molecule has 0 N–H and O–H groups in total. The van der Waals surface area contributed by atoms with E-state index in [4.69, 9.17) is 11.6 Å². The molecule has 0 aliphatic rings. The predicted molar refractivity (Wildman–Crippen MR) is 32.5 cm³/mol. The van der Waals surface area contributed by atoms with Crippen LogP contribution in [0, 0.1) is 0 Å². The molecular weight excluding hydrogens is 156 g/mol. The van der Waals surface area contributed by atoms with Gasteiger partial charge in [0.2, 0.25) is 0 Å². The molecule has 5 heteroatoms. The summed E-state index contributed by atoms with van der Waals surface area (Å²) >= 11 is 5.48. The van der Waals surface area contributed by atoms with Gasteiger partial charge in [-0.15, -0.1) is 0 Å². The zero-order chi connectivity index (χ0) is 7.72. The van der Waals surface area contributed by atoms with E-state index in [2.05, 4.69) is 4.98 Å². The SMILES string of the molecule is Cn1c(Cl)cnc1C(=O)[O-]. The molecule has 1 aromatic heterocycles. The molecule has 0 unspecified atom stereocenters. The molecule has 0 aliphatic carbocycles. The second-order valence-corrected chi connectivity index (χ2v) is 2.14. The number of aromatic carboxylic acids is 1. The third-order valence-corrected chi connectivity index (χ3v) is 1.47. The number of nitrogens with zero attached hydrogens (tertiary/aromatic N) is 2. The van der Waals surface area contributed by atoms with E-state index in [-0.39, 0.29) is 11.0 Å². The van der Waals surface area contributed by atoms with Gasteiger partial charge in [-0.05, 0) is 0 Å². The number of carboxylic acid groups (broad SMARTS) is 1. The lowest BCUT2D eigenvalue weighted by Crippen LogP contribution is -2.25. The van der Waals surface area contributed by atoms with Crippen LogP contribution in [0.4, 0.5) is 0 Å². The first-order chi connectivity index (χ1) is 4.63. The summed E-state index contributed by atoms with van der Waals surface area (Å²) in [6, 6.07) is 0. The Morgan fingerprint density at radius 1 is 1.90 bits per heavy atom. The van der Waals surface area contributed by atoms with Crippen LogP contribution in [0.3, 0.4) is 0 Å². The summed E-state index contributed by atoms with van der Waals surface area (Å²) in [5.74, 6) is -1.49. The number of rotatable bonds is 1. The highest BCUT2D eigenvalue weighted by atomic mass is 35.5. The van der Waals surface area contributed by atoms with Gasteiger partial charge in [-0.25, -0.2) is 4.98 Å². The van der Waals surface area contributed by atoms with Crippen LogP contribution >= 0.6 is 11.6 Å². The molecular formula is C5H4ClN2O2-. The van der Waals surface area contributed by atoms with Crippen molar-refractivity contribution in [1.29, 1.82) is 0 Å². The molecule has 0 amide bonds. The molecule has 0 aromatic carbocycles. The Bertz CT molecular complexity index is 269. The van der Waals surface area contributed by atoms with Crippen molar-refractivity contribution >= 4 is 17.6 Å². The highest BCUT2D eigenvalue weighted by molar-refractivity contribution is 6.29. The summed E-state index contributed by atoms with van der Waals surface area (Å²) in [4.78, 5) is 13.7. The lowest BCUT2D eigenvalue weighted by Gasteiger charge is -2.00. The molecule has 10 heavy (non-hydrogen) atoms. The number of hydrogen-bond acceptors (Lipinski definition) is 3. The average Bonchev–Trinajstić information content (AvgIpc) is 2.14. The first kappa shape index (κ1) is 7.08. The molecule has 54 valence electrons. The lowest BCUT2D eigenvalue weighted by molar-refractivity contribution is -0.256. The molecule has 0 bridgehead atoms. The highest BCUT2D eigenvalue weighted by Crippen LogP contribution is 2.07. The summed E-state index contributed by atoms with van der Waals surface area (Å²) in [7, 11) is 1.50. The van der Waals surface area contributed by atoms with Gasteiger partial charge in [0, 0.05) is 7.05 Å². The smallest absolute Gasteiger partial charge is 0.156 e. The van der Waals surface area contributed by atoms with Crippen molar-refractivity contribution < 1.29 is 9.90 Å². The number of aromatic nitrogens is 2. The van der Waals surface area contributed by atoms with Crippen LogP contribution < -0.4 is 5.11 Å². The first-order valence-corrected chi connectivity index (χ1v) is 2.89. The van der Waals surface area contributed by atoms with E-state index in [1.807, 2.05) is 0 Å². The molecule has 0 aliphatic heterocycles. The van der Waals surface area contributed by atoms with E-state index in [1.165, 1.54) is 17.8 Å². The van der Waals surface area contributed by atoms with Crippen LogP contribution in [0.1, 0.15) is 10.6 Å². The standard InChI is InChI=1S/C5H5ClN2O2/c1-8-3(6)2-7-4(8)5(9)10/h2H,1H3,(H,9,10)/p-1. The van der Waals surface area contributed by atoms with E-state index in [1.54, 1.807) is 0 Å². The molecule has 1 rings (SSSR count). The molecule has 0 spiro atoms. The maximum atomic E-state index is 10.2. The Morgan fingerprint density at radius 3 is 2.70 bits per heavy atom. The molecule has 0 saturated heterocycles. The molecule has 4 nitrogen and oxygen atoms in total. The summed E-state index contributed by atoms with van der Waals surface area (Å²) in [6.45, 7) is 0. The van der Waals surface area contributed by atoms with Gasteiger partial charge in [-0.2, -0.15) is 0 Å². The zero-order valence-corrected chi connectivity index (χ0v) is 5.92. The van der Waals surface area contributed by atoms with Crippen LogP contribution in [0.15, 0.2) is 6.20 Å². The third kappa shape index (κ3) is 0.974. The Balaban J connectivity index is 3.17. The van der Waals surface area contributed by atoms with Gasteiger partial charge in [-0.1, -0.05) is 11.6 Å². The average molecular weight is 160 g/mol. The third-order valence-electron chi connectivity index (χ3n) is 1.11. The van der Waals surface area contributed by atoms with Gasteiger partial charge in [0.25, 0.3) is 0 Å². The van der Waals surface area contributed by atoms with E-state index in [0.29, 0.717) is 0 Å². The summed E-state index contributed by atoms with van der Waals surface area (Å²) in [5.41, 5.74) is 0. The maximum Gasteiger partial charge on any atom is 0.156 e. The van der Waals surface area contributed by atoms with Crippen LogP contribution in [0.25, 0.3) is 0 Å². The van der Waals surface area contributed by atoms with Crippen molar-refractivity contribution in [3.63, 3.8) is 0 Å². The first-order valence-electron chi connectivity index (χ1n) is 2.51. The largest absolute Gasteiger partial charge is 0.542 e. The Morgan fingerprint density at radius 2 is 2.50 bits per heavy atom. The Kier molecular flexibility index (Phi) is 1.63. The van der Waals surface area contributed by atoms with Crippen molar-refractivity contribution in [1.82, 2.24) is 9.55 Å². The van der Waals surface area contributed by atoms with Crippen molar-refractivity contribution in [2.75, 3.05) is 0 Å². The lowest BCUT2D eigenvalue weighted by atomic mass is 10.6. The van der Waals surface area contributed by atoms with Gasteiger partial charge in [0.1, 0.15) is 11.1 Å².